The molecule has 3 heteroatoms. The Hall–Kier alpha value is -2.94. The topological polar surface area (TPSA) is 37.4 Å². The van der Waals surface area contributed by atoms with Gasteiger partial charge >= 0.3 is 0 Å². The van der Waals surface area contributed by atoms with Gasteiger partial charge in [-0.2, -0.15) is 0 Å². The van der Waals surface area contributed by atoms with Crippen LogP contribution in [0.5, 0.6) is 0 Å². The first kappa shape index (κ1) is 18.4. The summed E-state index contributed by atoms with van der Waals surface area (Å²) in [7, 11) is 0. The third kappa shape index (κ3) is 4.14. The molecule has 1 heterocycles. The van der Waals surface area contributed by atoms with Gasteiger partial charge < -0.3 is 4.90 Å². The number of hydrogen-bond donors (Lipinski definition) is 0. The summed E-state index contributed by atoms with van der Waals surface area (Å²) in [4.78, 5) is 27.1. The van der Waals surface area contributed by atoms with Gasteiger partial charge in [0.05, 0.1) is 0 Å². The number of benzene rings is 3. The van der Waals surface area contributed by atoms with Crippen molar-refractivity contribution in [2.75, 3.05) is 13.1 Å². The van der Waals surface area contributed by atoms with Gasteiger partial charge in [0.2, 0.25) is 5.91 Å². The molecule has 0 bridgehead atoms. The lowest BCUT2D eigenvalue weighted by atomic mass is 9.88. The van der Waals surface area contributed by atoms with Crippen molar-refractivity contribution >= 4 is 22.5 Å². The summed E-state index contributed by atoms with van der Waals surface area (Å²) >= 11 is 0. The Morgan fingerprint density at radius 1 is 0.821 bits per heavy atom. The van der Waals surface area contributed by atoms with Gasteiger partial charge in [0, 0.05) is 31.0 Å². The third-order valence-electron chi connectivity index (χ3n) is 5.72. The third-order valence-corrected chi connectivity index (χ3v) is 5.72. The Balaban J connectivity index is 1.29. The number of piperidine rings is 1. The number of Topliss-reactive ketones (excluding diaryl/α,β-unsaturated/α-hetero) is 1. The van der Waals surface area contributed by atoms with Gasteiger partial charge in [-0.3, -0.25) is 9.59 Å². The van der Waals surface area contributed by atoms with E-state index in [1.807, 2.05) is 47.4 Å². The molecule has 1 aliphatic rings. The first-order valence-electron chi connectivity index (χ1n) is 10.1. The van der Waals surface area contributed by atoms with Gasteiger partial charge in [-0.15, -0.1) is 0 Å². The molecule has 1 saturated heterocycles. The summed E-state index contributed by atoms with van der Waals surface area (Å²) in [6, 6.07) is 24.2. The van der Waals surface area contributed by atoms with Crippen LogP contribution in [0.3, 0.4) is 0 Å². The zero-order chi connectivity index (χ0) is 19.3. The predicted octanol–water partition coefficient (Wildman–Crippen LogP) is 4.89. The molecular weight excluding hydrogens is 346 g/mol. The Morgan fingerprint density at radius 2 is 1.50 bits per heavy atom. The predicted molar refractivity (Wildman–Crippen MR) is 112 cm³/mol. The van der Waals surface area contributed by atoms with Crippen LogP contribution in [-0.4, -0.2) is 29.7 Å². The average molecular weight is 371 g/mol. The van der Waals surface area contributed by atoms with Crippen molar-refractivity contribution in [3.63, 3.8) is 0 Å². The summed E-state index contributed by atoms with van der Waals surface area (Å²) in [5, 5.41) is 2.44. The van der Waals surface area contributed by atoms with Crippen LogP contribution < -0.4 is 0 Å². The first-order chi connectivity index (χ1) is 13.7. The minimum absolute atomic E-state index is 0.0342. The monoisotopic (exact) mass is 371 g/mol. The van der Waals surface area contributed by atoms with Crippen molar-refractivity contribution in [1.82, 2.24) is 4.90 Å². The highest BCUT2D eigenvalue weighted by Crippen LogP contribution is 2.23. The molecule has 28 heavy (non-hydrogen) atoms. The Bertz CT molecular complexity index is 972. The highest BCUT2D eigenvalue weighted by atomic mass is 16.2. The lowest BCUT2D eigenvalue weighted by Gasteiger charge is -2.31. The van der Waals surface area contributed by atoms with Gasteiger partial charge in [0.25, 0.3) is 0 Å². The molecule has 0 atom stereocenters. The normalized spacial score (nSPS) is 14.9. The van der Waals surface area contributed by atoms with E-state index in [4.69, 9.17) is 0 Å². The maximum Gasteiger partial charge on any atom is 0.222 e. The van der Waals surface area contributed by atoms with Gasteiger partial charge in [-0.05, 0) is 35.6 Å². The highest BCUT2D eigenvalue weighted by molar-refractivity contribution is 5.98. The maximum atomic E-state index is 12.6. The minimum atomic E-state index is 0.0342. The molecule has 3 aromatic rings. The summed E-state index contributed by atoms with van der Waals surface area (Å²) in [5.41, 5.74) is 1.98. The molecule has 0 radical (unpaired) electrons. The van der Waals surface area contributed by atoms with Crippen molar-refractivity contribution in [1.29, 1.82) is 0 Å². The molecule has 1 fully saturated rings. The van der Waals surface area contributed by atoms with E-state index in [-0.39, 0.29) is 17.6 Å². The number of carbonyl (C=O) groups is 2. The SMILES string of the molecule is O=C(c1ccccc1)C1CCN(C(=O)CCc2ccc3ccccc3c2)CC1. The number of aryl methyl sites for hydroxylation is 1. The highest BCUT2D eigenvalue weighted by Gasteiger charge is 2.27. The van der Waals surface area contributed by atoms with Crippen LogP contribution in [0.25, 0.3) is 10.8 Å². The Labute approximate surface area is 166 Å². The smallest absolute Gasteiger partial charge is 0.222 e. The quantitative estimate of drug-likeness (QED) is 0.599. The second-order valence-corrected chi connectivity index (χ2v) is 7.57. The standard InChI is InChI=1S/C25H25NO2/c27-24(13-11-19-10-12-20-6-4-5-9-23(20)18-19)26-16-14-22(15-17-26)25(28)21-7-2-1-3-8-21/h1-10,12,18,22H,11,13-17H2. The fourth-order valence-electron chi connectivity index (χ4n) is 4.03. The largest absolute Gasteiger partial charge is 0.343 e. The van der Waals surface area contributed by atoms with Crippen LogP contribution in [0.15, 0.2) is 72.8 Å². The Morgan fingerprint density at radius 3 is 2.25 bits per heavy atom. The number of rotatable bonds is 5. The summed E-state index contributed by atoms with van der Waals surface area (Å²) in [6.45, 7) is 1.36. The van der Waals surface area contributed by atoms with Gasteiger partial charge in [0.1, 0.15) is 0 Å². The molecule has 0 aliphatic carbocycles. The number of hydrogen-bond acceptors (Lipinski definition) is 2. The van der Waals surface area contributed by atoms with Crippen molar-refractivity contribution in [3.8, 4) is 0 Å². The second kappa shape index (κ2) is 8.39. The number of ketones is 1. The molecule has 0 N–H and O–H groups in total. The molecule has 3 nitrogen and oxygen atoms in total. The average Bonchev–Trinajstić information content (AvgIpc) is 2.77. The molecule has 0 unspecified atom stereocenters. The number of amides is 1. The fourth-order valence-corrected chi connectivity index (χ4v) is 4.03. The van der Waals surface area contributed by atoms with Crippen LogP contribution in [0.2, 0.25) is 0 Å². The van der Waals surface area contributed by atoms with Crippen molar-refractivity contribution < 1.29 is 9.59 Å². The number of likely N-dealkylation sites (tertiary alicyclic amines) is 1. The maximum absolute atomic E-state index is 12.6. The van der Waals surface area contributed by atoms with Crippen LogP contribution >= 0.6 is 0 Å². The second-order valence-electron chi connectivity index (χ2n) is 7.57. The van der Waals surface area contributed by atoms with Gasteiger partial charge in [0.15, 0.2) is 5.78 Å². The molecule has 0 saturated carbocycles. The van der Waals surface area contributed by atoms with Crippen LogP contribution in [-0.2, 0) is 11.2 Å². The molecule has 1 amide bonds. The summed E-state index contributed by atoms with van der Waals surface area (Å²) in [6.07, 6.45) is 2.80. The molecule has 142 valence electrons. The lowest BCUT2D eigenvalue weighted by molar-refractivity contribution is -0.132. The van der Waals surface area contributed by atoms with Crippen molar-refractivity contribution in [2.45, 2.75) is 25.7 Å². The molecule has 0 spiro atoms. The van der Waals surface area contributed by atoms with Gasteiger partial charge in [-0.25, -0.2) is 0 Å². The molecular formula is C25H25NO2. The van der Waals surface area contributed by atoms with E-state index in [0.717, 1.165) is 24.8 Å². The zero-order valence-electron chi connectivity index (χ0n) is 16.0. The Kier molecular flexibility index (Phi) is 5.52. The van der Waals surface area contributed by atoms with E-state index < -0.39 is 0 Å². The van der Waals surface area contributed by atoms with Crippen LogP contribution in [0.1, 0.15) is 35.2 Å². The van der Waals surface area contributed by atoms with Gasteiger partial charge in [-0.1, -0.05) is 72.8 Å². The summed E-state index contributed by atoms with van der Waals surface area (Å²) < 4.78 is 0. The van der Waals surface area contributed by atoms with E-state index in [1.165, 1.54) is 16.3 Å². The van der Waals surface area contributed by atoms with E-state index in [0.29, 0.717) is 19.5 Å². The zero-order valence-corrected chi connectivity index (χ0v) is 16.0. The summed E-state index contributed by atoms with van der Waals surface area (Å²) in [5.74, 6) is 0.439. The first-order valence-corrected chi connectivity index (χ1v) is 10.1. The number of nitrogens with zero attached hydrogens (tertiary/aromatic N) is 1. The molecule has 3 aromatic carbocycles. The molecule has 1 aliphatic heterocycles. The lowest BCUT2D eigenvalue weighted by Crippen LogP contribution is -2.40. The van der Waals surface area contributed by atoms with Crippen molar-refractivity contribution in [2.24, 2.45) is 5.92 Å². The number of carbonyl (C=O) groups excluding carboxylic acids is 2. The number of fused-ring (bicyclic) bond motifs is 1. The van der Waals surface area contributed by atoms with E-state index >= 15 is 0 Å². The van der Waals surface area contributed by atoms with Crippen LogP contribution in [0.4, 0.5) is 0 Å². The van der Waals surface area contributed by atoms with Crippen LogP contribution in [0, 0.1) is 5.92 Å². The minimum Gasteiger partial charge on any atom is -0.343 e. The fraction of sp³-hybridized carbons (Fsp3) is 0.280. The van der Waals surface area contributed by atoms with Crippen molar-refractivity contribution in [3.05, 3.63) is 83.9 Å². The molecule has 4 rings (SSSR count). The van der Waals surface area contributed by atoms with E-state index in [9.17, 15) is 9.59 Å². The van der Waals surface area contributed by atoms with E-state index in [2.05, 4.69) is 30.3 Å². The van der Waals surface area contributed by atoms with E-state index in [1.54, 1.807) is 0 Å². The molecule has 0 aromatic heterocycles.